The predicted molar refractivity (Wildman–Crippen MR) is 72.6 cm³/mol. The number of hydrogen-bond acceptors (Lipinski definition) is 4. The Morgan fingerprint density at radius 3 is 2.60 bits per heavy atom. The summed E-state index contributed by atoms with van der Waals surface area (Å²) in [6.07, 6.45) is 0.0297. The molecule has 0 aromatic carbocycles. The lowest BCUT2D eigenvalue weighted by Gasteiger charge is -2.11. The minimum atomic E-state index is -0.871. The molecule has 1 amide bonds. The number of aliphatic carboxylic acids is 1. The third kappa shape index (κ3) is 4.56. The molecule has 0 aliphatic carbocycles. The van der Waals surface area contributed by atoms with Crippen molar-refractivity contribution in [2.45, 2.75) is 27.2 Å². The standard InChI is InChI=1S/C13H21N3O4/c1-8(5-12(18)19)6-14-11(17)7-20-13-9(2)15-16(4)10(13)3/h8H,5-7H2,1-4H3,(H,14,17)(H,18,19). The molecule has 0 aliphatic heterocycles. The molecule has 20 heavy (non-hydrogen) atoms. The number of nitrogens with one attached hydrogen (secondary N) is 1. The summed E-state index contributed by atoms with van der Waals surface area (Å²) in [6, 6.07) is 0. The number of aryl methyl sites for hydroxylation is 2. The lowest BCUT2D eigenvalue weighted by Crippen LogP contribution is -2.33. The molecule has 0 bridgehead atoms. The highest BCUT2D eigenvalue weighted by Gasteiger charge is 2.13. The summed E-state index contributed by atoms with van der Waals surface area (Å²) in [5, 5.41) is 15.5. The molecule has 0 radical (unpaired) electrons. The van der Waals surface area contributed by atoms with Gasteiger partial charge in [-0.1, -0.05) is 6.92 Å². The number of rotatable bonds is 7. The first-order chi connectivity index (χ1) is 9.31. The van der Waals surface area contributed by atoms with Crippen LogP contribution in [0.25, 0.3) is 0 Å². The first kappa shape index (κ1) is 16.0. The van der Waals surface area contributed by atoms with Crippen LogP contribution in [0.4, 0.5) is 0 Å². The number of carbonyl (C=O) groups is 2. The Labute approximate surface area is 117 Å². The van der Waals surface area contributed by atoms with E-state index in [9.17, 15) is 9.59 Å². The summed E-state index contributed by atoms with van der Waals surface area (Å²) < 4.78 is 7.14. The predicted octanol–water partition coefficient (Wildman–Crippen LogP) is 0.643. The average Bonchev–Trinajstić information content (AvgIpc) is 2.58. The van der Waals surface area contributed by atoms with Gasteiger partial charge in [0.1, 0.15) is 5.69 Å². The minimum Gasteiger partial charge on any atom is -0.481 e. The minimum absolute atomic E-state index is 0.0297. The molecule has 1 heterocycles. The number of ether oxygens (including phenoxy) is 1. The first-order valence-corrected chi connectivity index (χ1v) is 6.42. The van der Waals surface area contributed by atoms with Crippen LogP contribution < -0.4 is 10.1 Å². The van der Waals surface area contributed by atoms with Crippen LogP contribution in [-0.4, -0.2) is 39.9 Å². The summed E-state index contributed by atoms with van der Waals surface area (Å²) in [4.78, 5) is 22.1. The van der Waals surface area contributed by atoms with Crippen LogP contribution in [0.1, 0.15) is 24.7 Å². The van der Waals surface area contributed by atoms with Crippen LogP contribution in [0.2, 0.25) is 0 Å². The molecule has 0 spiro atoms. The number of hydrogen-bond donors (Lipinski definition) is 2. The molecule has 7 nitrogen and oxygen atoms in total. The Morgan fingerprint density at radius 2 is 2.10 bits per heavy atom. The van der Waals surface area contributed by atoms with Gasteiger partial charge in [-0.25, -0.2) is 0 Å². The lowest BCUT2D eigenvalue weighted by atomic mass is 10.1. The topological polar surface area (TPSA) is 93.5 Å². The molecule has 7 heteroatoms. The number of carboxylic acid groups (broad SMARTS) is 1. The van der Waals surface area contributed by atoms with Gasteiger partial charge in [-0.15, -0.1) is 0 Å². The maximum atomic E-state index is 11.6. The zero-order valence-corrected chi connectivity index (χ0v) is 12.3. The van der Waals surface area contributed by atoms with Crippen molar-refractivity contribution in [1.82, 2.24) is 15.1 Å². The summed E-state index contributed by atoms with van der Waals surface area (Å²) in [6.45, 7) is 5.66. The molecular weight excluding hydrogens is 262 g/mol. The van der Waals surface area contributed by atoms with Crippen molar-refractivity contribution in [2.75, 3.05) is 13.2 Å². The highest BCUT2D eigenvalue weighted by Crippen LogP contribution is 2.20. The third-order valence-corrected chi connectivity index (χ3v) is 2.96. The maximum Gasteiger partial charge on any atom is 0.303 e. The van der Waals surface area contributed by atoms with Crippen molar-refractivity contribution in [2.24, 2.45) is 13.0 Å². The molecule has 0 saturated heterocycles. The van der Waals surface area contributed by atoms with Crippen LogP contribution in [0.5, 0.6) is 5.75 Å². The number of nitrogens with zero attached hydrogens (tertiary/aromatic N) is 2. The smallest absolute Gasteiger partial charge is 0.303 e. The van der Waals surface area contributed by atoms with E-state index in [0.717, 1.165) is 11.4 Å². The number of carbonyl (C=O) groups excluding carboxylic acids is 1. The molecular formula is C13H21N3O4. The van der Waals surface area contributed by atoms with E-state index in [2.05, 4.69) is 10.4 Å². The molecule has 1 unspecified atom stereocenters. The molecule has 0 saturated carbocycles. The van der Waals surface area contributed by atoms with Crippen LogP contribution in [-0.2, 0) is 16.6 Å². The van der Waals surface area contributed by atoms with E-state index in [-0.39, 0.29) is 24.9 Å². The maximum absolute atomic E-state index is 11.6. The number of amides is 1. The fourth-order valence-corrected chi connectivity index (χ4v) is 1.81. The van der Waals surface area contributed by atoms with Gasteiger partial charge in [0.05, 0.1) is 5.69 Å². The highest BCUT2D eigenvalue weighted by atomic mass is 16.5. The van der Waals surface area contributed by atoms with E-state index < -0.39 is 5.97 Å². The molecule has 1 atom stereocenters. The number of carboxylic acids is 1. The summed E-state index contributed by atoms with van der Waals surface area (Å²) in [5.74, 6) is -0.644. The molecule has 1 aromatic rings. The van der Waals surface area contributed by atoms with Gasteiger partial charge in [-0.3, -0.25) is 14.3 Å². The molecule has 0 aliphatic rings. The van der Waals surface area contributed by atoms with Crippen LogP contribution in [0.3, 0.4) is 0 Å². The van der Waals surface area contributed by atoms with E-state index in [4.69, 9.17) is 9.84 Å². The Bertz CT molecular complexity index is 496. The van der Waals surface area contributed by atoms with Gasteiger partial charge in [0.15, 0.2) is 12.4 Å². The van der Waals surface area contributed by atoms with Crippen LogP contribution in [0.15, 0.2) is 0 Å². The van der Waals surface area contributed by atoms with Crippen molar-refractivity contribution in [3.63, 3.8) is 0 Å². The van der Waals surface area contributed by atoms with Crippen LogP contribution in [0, 0.1) is 19.8 Å². The Kier molecular flexibility index (Phi) is 5.54. The molecule has 2 N–H and O–H groups in total. The molecule has 1 aromatic heterocycles. The zero-order valence-electron chi connectivity index (χ0n) is 12.3. The van der Waals surface area contributed by atoms with Gasteiger partial charge in [-0.05, 0) is 19.8 Å². The summed E-state index contributed by atoms with van der Waals surface area (Å²) in [7, 11) is 1.81. The van der Waals surface area contributed by atoms with Gasteiger partial charge >= 0.3 is 5.97 Å². The fourth-order valence-electron chi connectivity index (χ4n) is 1.81. The largest absolute Gasteiger partial charge is 0.481 e. The Balaban J connectivity index is 2.38. The third-order valence-electron chi connectivity index (χ3n) is 2.96. The quantitative estimate of drug-likeness (QED) is 0.766. The van der Waals surface area contributed by atoms with Gasteiger partial charge in [0.2, 0.25) is 0 Å². The van der Waals surface area contributed by atoms with Crippen molar-refractivity contribution >= 4 is 11.9 Å². The Hall–Kier alpha value is -2.05. The molecule has 1 rings (SSSR count). The number of aromatic nitrogens is 2. The summed E-state index contributed by atoms with van der Waals surface area (Å²) in [5.41, 5.74) is 1.59. The molecule has 112 valence electrons. The fraction of sp³-hybridized carbons (Fsp3) is 0.615. The van der Waals surface area contributed by atoms with Crippen molar-refractivity contribution in [1.29, 1.82) is 0 Å². The van der Waals surface area contributed by atoms with E-state index in [0.29, 0.717) is 12.3 Å². The van der Waals surface area contributed by atoms with Gasteiger partial charge in [-0.2, -0.15) is 5.10 Å². The average molecular weight is 283 g/mol. The second-order valence-corrected chi connectivity index (χ2v) is 4.92. The Morgan fingerprint density at radius 1 is 1.45 bits per heavy atom. The monoisotopic (exact) mass is 283 g/mol. The van der Waals surface area contributed by atoms with E-state index in [1.54, 1.807) is 11.6 Å². The van der Waals surface area contributed by atoms with E-state index in [1.807, 2.05) is 20.9 Å². The van der Waals surface area contributed by atoms with Gasteiger partial charge in [0.25, 0.3) is 5.91 Å². The SMILES string of the molecule is Cc1nn(C)c(C)c1OCC(=O)NCC(C)CC(=O)O. The first-order valence-electron chi connectivity index (χ1n) is 6.42. The zero-order chi connectivity index (χ0) is 15.3. The van der Waals surface area contributed by atoms with Crippen molar-refractivity contribution < 1.29 is 19.4 Å². The van der Waals surface area contributed by atoms with Crippen molar-refractivity contribution in [3.05, 3.63) is 11.4 Å². The van der Waals surface area contributed by atoms with Gasteiger partial charge in [0, 0.05) is 20.0 Å². The van der Waals surface area contributed by atoms with Crippen LogP contribution >= 0.6 is 0 Å². The summed E-state index contributed by atoms with van der Waals surface area (Å²) >= 11 is 0. The van der Waals surface area contributed by atoms with E-state index in [1.165, 1.54) is 0 Å². The second-order valence-electron chi connectivity index (χ2n) is 4.92. The van der Waals surface area contributed by atoms with E-state index >= 15 is 0 Å². The molecule has 0 fully saturated rings. The lowest BCUT2D eigenvalue weighted by molar-refractivity contribution is -0.138. The van der Waals surface area contributed by atoms with Gasteiger partial charge < -0.3 is 15.2 Å². The normalized spacial score (nSPS) is 12.0. The van der Waals surface area contributed by atoms with Crippen molar-refractivity contribution in [3.8, 4) is 5.75 Å². The highest BCUT2D eigenvalue weighted by molar-refractivity contribution is 5.77. The second kappa shape index (κ2) is 6.93.